The first-order valence-corrected chi connectivity index (χ1v) is 6.56. The van der Waals surface area contributed by atoms with Gasteiger partial charge in [0.25, 0.3) is 5.91 Å². The van der Waals surface area contributed by atoms with Crippen molar-refractivity contribution in [3.63, 3.8) is 0 Å². The zero-order chi connectivity index (χ0) is 15.3. The standard InChI is InChI=1S/C15H24N2O3/c1-15(2,19-5)8-9-20-13-10-11(16)6-7-12(13)14(18)17(3)4/h6-7,10H,8-9,16H2,1-5H3. The molecule has 0 bridgehead atoms. The summed E-state index contributed by atoms with van der Waals surface area (Å²) in [4.78, 5) is 13.6. The second kappa shape index (κ2) is 6.61. The van der Waals surface area contributed by atoms with E-state index in [1.807, 2.05) is 13.8 Å². The molecule has 0 aromatic heterocycles. The lowest BCUT2D eigenvalue weighted by Crippen LogP contribution is -2.26. The Kier molecular flexibility index (Phi) is 5.39. The molecule has 5 heteroatoms. The molecule has 0 heterocycles. The number of methoxy groups -OCH3 is 1. The van der Waals surface area contributed by atoms with Crippen LogP contribution >= 0.6 is 0 Å². The van der Waals surface area contributed by atoms with E-state index in [1.165, 1.54) is 4.90 Å². The molecule has 1 aromatic rings. The summed E-state index contributed by atoms with van der Waals surface area (Å²) in [6, 6.07) is 5.06. The Bertz CT molecular complexity index is 470. The number of carbonyl (C=O) groups excluding carboxylic acids is 1. The zero-order valence-corrected chi connectivity index (χ0v) is 12.9. The van der Waals surface area contributed by atoms with Gasteiger partial charge in [0.05, 0.1) is 17.8 Å². The van der Waals surface area contributed by atoms with Gasteiger partial charge in [-0.1, -0.05) is 0 Å². The molecule has 112 valence electrons. The summed E-state index contributed by atoms with van der Waals surface area (Å²) >= 11 is 0. The minimum Gasteiger partial charge on any atom is -0.493 e. The average molecular weight is 280 g/mol. The molecule has 20 heavy (non-hydrogen) atoms. The molecule has 5 nitrogen and oxygen atoms in total. The number of nitrogen functional groups attached to an aromatic ring is 1. The van der Waals surface area contributed by atoms with E-state index in [1.54, 1.807) is 39.4 Å². The van der Waals surface area contributed by atoms with Crippen LogP contribution in [0.5, 0.6) is 5.75 Å². The molecule has 0 aliphatic carbocycles. The van der Waals surface area contributed by atoms with Crippen LogP contribution in [0.3, 0.4) is 0 Å². The monoisotopic (exact) mass is 280 g/mol. The quantitative estimate of drug-likeness (QED) is 0.811. The van der Waals surface area contributed by atoms with Crippen LogP contribution in [0.15, 0.2) is 18.2 Å². The van der Waals surface area contributed by atoms with Gasteiger partial charge in [-0.15, -0.1) is 0 Å². The van der Waals surface area contributed by atoms with Crippen LogP contribution in [-0.4, -0.2) is 44.2 Å². The van der Waals surface area contributed by atoms with E-state index in [2.05, 4.69) is 0 Å². The molecule has 1 aromatic carbocycles. The van der Waals surface area contributed by atoms with Crippen LogP contribution in [0, 0.1) is 0 Å². The number of benzene rings is 1. The fourth-order valence-corrected chi connectivity index (χ4v) is 1.58. The van der Waals surface area contributed by atoms with E-state index >= 15 is 0 Å². The van der Waals surface area contributed by atoms with Crippen LogP contribution in [0.25, 0.3) is 0 Å². The van der Waals surface area contributed by atoms with Crippen LogP contribution in [0.4, 0.5) is 5.69 Å². The van der Waals surface area contributed by atoms with Gasteiger partial charge in [-0.25, -0.2) is 0 Å². The summed E-state index contributed by atoms with van der Waals surface area (Å²) in [7, 11) is 5.08. The average Bonchev–Trinajstić information content (AvgIpc) is 2.38. The minimum absolute atomic E-state index is 0.106. The summed E-state index contributed by atoms with van der Waals surface area (Å²) in [6.07, 6.45) is 0.716. The largest absolute Gasteiger partial charge is 0.493 e. The number of rotatable bonds is 6. The van der Waals surface area contributed by atoms with E-state index in [0.717, 1.165) is 0 Å². The Morgan fingerprint density at radius 3 is 2.55 bits per heavy atom. The van der Waals surface area contributed by atoms with E-state index in [4.69, 9.17) is 15.2 Å². The van der Waals surface area contributed by atoms with E-state index < -0.39 is 0 Å². The summed E-state index contributed by atoms with van der Waals surface area (Å²) in [6.45, 7) is 4.43. The lowest BCUT2D eigenvalue weighted by molar-refractivity contribution is 0.00540. The highest BCUT2D eigenvalue weighted by Crippen LogP contribution is 2.24. The number of amides is 1. The molecule has 1 amide bonds. The summed E-state index contributed by atoms with van der Waals surface area (Å²) in [5.41, 5.74) is 6.58. The summed E-state index contributed by atoms with van der Waals surface area (Å²) in [5, 5.41) is 0. The number of hydrogen-bond acceptors (Lipinski definition) is 4. The maximum Gasteiger partial charge on any atom is 0.257 e. The van der Waals surface area contributed by atoms with Gasteiger partial charge in [-0.2, -0.15) is 0 Å². The lowest BCUT2D eigenvalue weighted by Gasteiger charge is -2.23. The number of nitrogens with zero attached hydrogens (tertiary/aromatic N) is 1. The molecule has 2 N–H and O–H groups in total. The van der Waals surface area contributed by atoms with Gasteiger partial charge in [0.2, 0.25) is 0 Å². The summed E-state index contributed by atoms with van der Waals surface area (Å²) in [5.74, 6) is 0.404. The maximum absolute atomic E-state index is 12.1. The Hall–Kier alpha value is -1.75. The van der Waals surface area contributed by atoms with Gasteiger partial charge < -0.3 is 20.1 Å². The fourth-order valence-electron chi connectivity index (χ4n) is 1.58. The maximum atomic E-state index is 12.1. The Labute approximate surface area is 120 Å². The highest BCUT2D eigenvalue weighted by molar-refractivity contribution is 5.97. The second-order valence-electron chi connectivity index (χ2n) is 5.52. The van der Waals surface area contributed by atoms with E-state index in [-0.39, 0.29) is 11.5 Å². The molecule has 0 aliphatic rings. The third kappa shape index (κ3) is 4.42. The molecule has 0 radical (unpaired) electrons. The number of anilines is 1. The van der Waals surface area contributed by atoms with Gasteiger partial charge in [0.15, 0.2) is 0 Å². The van der Waals surface area contributed by atoms with Crippen molar-refractivity contribution in [1.29, 1.82) is 0 Å². The molecular formula is C15H24N2O3. The van der Waals surface area contributed by atoms with Crippen molar-refractivity contribution in [2.75, 3.05) is 33.5 Å². The van der Waals surface area contributed by atoms with Gasteiger partial charge in [-0.3, -0.25) is 4.79 Å². The van der Waals surface area contributed by atoms with Gasteiger partial charge in [-0.05, 0) is 26.0 Å². The first-order valence-electron chi connectivity index (χ1n) is 6.56. The van der Waals surface area contributed by atoms with E-state index in [9.17, 15) is 4.79 Å². The van der Waals surface area contributed by atoms with Crippen molar-refractivity contribution in [2.45, 2.75) is 25.9 Å². The molecule has 0 spiro atoms. The first-order chi connectivity index (χ1) is 9.26. The molecule has 0 atom stereocenters. The smallest absolute Gasteiger partial charge is 0.257 e. The Morgan fingerprint density at radius 1 is 1.35 bits per heavy atom. The number of carbonyl (C=O) groups is 1. The number of ether oxygens (including phenoxy) is 2. The summed E-state index contributed by atoms with van der Waals surface area (Å²) < 4.78 is 11.1. The predicted octanol–water partition coefficient (Wildman–Crippen LogP) is 2.16. The van der Waals surface area contributed by atoms with Crippen molar-refractivity contribution >= 4 is 11.6 Å². The van der Waals surface area contributed by atoms with Crippen LogP contribution in [-0.2, 0) is 4.74 Å². The Morgan fingerprint density at radius 2 is 2.00 bits per heavy atom. The number of nitrogens with two attached hydrogens (primary N) is 1. The normalized spacial score (nSPS) is 11.2. The van der Waals surface area contributed by atoms with Crippen LogP contribution < -0.4 is 10.5 Å². The van der Waals surface area contributed by atoms with Crippen LogP contribution in [0.2, 0.25) is 0 Å². The van der Waals surface area contributed by atoms with Gasteiger partial charge in [0, 0.05) is 39.4 Å². The molecule has 0 unspecified atom stereocenters. The van der Waals surface area contributed by atoms with Crippen molar-refractivity contribution in [2.24, 2.45) is 0 Å². The second-order valence-corrected chi connectivity index (χ2v) is 5.52. The highest BCUT2D eigenvalue weighted by Gasteiger charge is 2.18. The third-order valence-corrected chi connectivity index (χ3v) is 3.16. The van der Waals surface area contributed by atoms with Crippen molar-refractivity contribution in [3.05, 3.63) is 23.8 Å². The number of hydrogen-bond donors (Lipinski definition) is 1. The van der Waals surface area contributed by atoms with E-state index in [0.29, 0.717) is 30.0 Å². The zero-order valence-electron chi connectivity index (χ0n) is 12.9. The molecule has 0 saturated heterocycles. The SMILES string of the molecule is COC(C)(C)CCOc1cc(N)ccc1C(=O)N(C)C. The molecule has 1 rings (SSSR count). The van der Waals surface area contributed by atoms with Gasteiger partial charge >= 0.3 is 0 Å². The predicted molar refractivity (Wildman–Crippen MR) is 80.1 cm³/mol. The highest BCUT2D eigenvalue weighted by atomic mass is 16.5. The molecule has 0 fully saturated rings. The first kappa shape index (κ1) is 16.3. The fraction of sp³-hybridized carbons (Fsp3) is 0.533. The van der Waals surface area contributed by atoms with Crippen molar-refractivity contribution < 1.29 is 14.3 Å². The van der Waals surface area contributed by atoms with Crippen molar-refractivity contribution in [1.82, 2.24) is 4.90 Å². The van der Waals surface area contributed by atoms with Crippen LogP contribution in [0.1, 0.15) is 30.6 Å². The lowest BCUT2D eigenvalue weighted by atomic mass is 10.1. The molecule has 0 saturated carbocycles. The molecule has 0 aliphatic heterocycles. The van der Waals surface area contributed by atoms with Crippen molar-refractivity contribution in [3.8, 4) is 5.75 Å². The Balaban J connectivity index is 2.83. The molecular weight excluding hydrogens is 256 g/mol. The third-order valence-electron chi connectivity index (χ3n) is 3.16. The topological polar surface area (TPSA) is 64.8 Å². The minimum atomic E-state index is -0.258. The van der Waals surface area contributed by atoms with Gasteiger partial charge in [0.1, 0.15) is 5.75 Å².